The van der Waals surface area contributed by atoms with Crippen LogP contribution in [0.2, 0.25) is 0 Å². The fourth-order valence-electron chi connectivity index (χ4n) is 3.86. The van der Waals surface area contributed by atoms with E-state index in [-0.39, 0.29) is 12.0 Å². The van der Waals surface area contributed by atoms with Crippen molar-refractivity contribution >= 4 is 44.8 Å². The monoisotopic (exact) mass is 390 g/mol. The van der Waals surface area contributed by atoms with Gasteiger partial charge in [0.1, 0.15) is 0 Å². The van der Waals surface area contributed by atoms with Crippen LogP contribution in [0.3, 0.4) is 0 Å². The molecule has 1 atom stereocenters. The van der Waals surface area contributed by atoms with Crippen LogP contribution in [0.5, 0.6) is 0 Å². The van der Waals surface area contributed by atoms with E-state index in [1.165, 1.54) is 5.39 Å². The highest BCUT2D eigenvalue weighted by Gasteiger charge is 2.34. The summed E-state index contributed by atoms with van der Waals surface area (Å²) < 4.78 is 5.38. The topological polar surface area (TPSA) is 41.6 Å². The van der Waals surface area contributed by atoms with Crippen LogP contribution in [0.25, 0.3) is 21.5 Å². The first-order valence-electron chi connectivity index (χ1n) is 9.35. The molecule has 0 fully saturated rings. The SMILES string of the molecule is CCOC(=O)C1=C(C)N(C)C(=S)N[C@@H]1c1cc2ccccc2c2ccccc12. The van der Waals surface area contributed by atoms with Crippen LogP contribution in [-0.4, -0.2) is 29.6 Å². The lowest BCUT2D eigenvalue weighted by atomic mass is 9.88. The van der Waals surface area contributed by atoms with Crippen molar-refractivity contribution in [3.8, 4) is 0 Å². The minimum atomic E-state index is -0.364. The van der Waals surface area contributed by atoms with Gasteiger partial charge in [0, 0.05) is 12.7 Å². The van der Waals surface area contributed by atoms with Crippen LogP contribution in [-0.2, 0) is 9.53 Å². The quantitative estimate of drug-likeness (QED) is 0.399. The second kappa shape index (κ2) is 7.24. The Bertz CT molecular complexity index is 1140. The summed E-state index contributed by atoms with van der Waals surface area (Å²) in [6.45, 7) is 4.06. The summed E-state index contributed by atoms with van der Waals surface area (Å²) in [5.41, 5.74) is 2.43. The molecule has 5 heteroatoms. The number of ether oxygens (including phenoxy) is 1. The number of allylic oxidation sites excluding steroid dienone is 1. The molecular weight excluding hydrogens is 368 g/mol. The number of fused-ring (bicyclic) bond motifs is 3. The van der Waals surface area contributed by atoms with Gasteiger partial charge >= 0.3 is 5.97 Å². The van der Waals surface area contributed by atoms with E-state index in [2.05, 4.69) is 35.6 Å². The molecule has 0 unspecified atom stereocenters. The fourth-order valence-corrected chi connectivity index (χ4v) is 4.12. The van der Waals surface area contributed by atoms with Crippen LogP contribution in [0.15, 0.2) is 65.9 Å². The fraction of sp³-hybridized carbons (Fsp3) is 0.217. The number of esters is 1. The first-order valence-corrected chi connectivity index (χ1v) is 9.76. The maximum Gasteiger partial charge on any atom is 0.338 e. The summed E-state index contributed by atoms with van der Waals surface area (Å²) in [4.78, 5) is 14.7. The van der Waals surface area contributed by atoms with Crippen molar-refractivity contribution < 1.29 is 9.53 Å². The molecular formula is C23H22N2O2S. The molecule has 0 saturated carbocycles. The molecule has 0 saturated heterocycles. The Morgan fingerprint density at radius 1 is 1.11 bits per heavy atom. The first-order chi connectivity index (χ1) is 13.5. The van der Waals surface area contributed by atoms with E-state index in [1.807, 2.05) is 50.1 Å². The van der Waals surface area contributed by atoms with Crippen LogP contribution in [0.1, 0.15) is 25.5 Å². The van der Waals surface area contributed by atoms with Gasteiger partial charge in [0.05, 0.1) is 18.2 Å². The highest BCUT2D eigenvalue weighted by molar-refractivity contribution is 7.80. The third-order valence-corrected chi connectivity index (χ3v) is 5.75. The number of hydrogen-bond donors (Lipinski definition) is 1. The molecule has 1 heterocycles. The van der Waals surface area contributed by atoms with E-state index in [4.69, 9.17) is 17.0 Å². The van der Waals surface area contributed by atoms with Gasteiger partial charge in [0.2, 0.25) is 0 Å². The van der Waals surface area contributed by atoms with Crippen LogP contribution in [0, 0.1) is 0 Å². The summed E-state index contributed by atoms with van der Waals surface area (Å²) in [7, 11) is 1.86. The Balaban J connectivity index is 2.01. The third-order valence-electron chi connectivity index (χ3n) is 5.36. The van der Waals surface area contributed by atoms with Crippen molar-refractivity contribution in [2.24, 2.45) is 0 Å². The molecule has 1 N–H and O–H groups in total. The summed E-state index contributed by atoms with van der Waals surface area (Å²) in [5.74, 6) is -0.316. The van der Waals surface area contributed by atoms with Crippen molar-refractivity contribution in [1.82, 2.24) is 10.2 Å². The van der Waals surface area contributed by atoms with Gasteiger partial charge in [-0.15, -0.1) is 0 Å². The van der Waals surface area contributed by atoms with Crippen LogP contribution >= 0.6 is 12.2 Å². The van der Waals surface area contributed by atoms with Crippen LogP contribution in [0.4, 0.5) is 0 Å². The maximum absolute atomic E-state index is 12.9. The number of nitrogens with zero attached hydrogens (tertiary/aromatic N) is 1. The van der Waals surface area contributed by atoms with Crippen molar-refractivity contribution in [1.29, 1.82) is 0 Å². The van der Waals surface area contributed by atoms with Gasteiger partial charge in [-0.25, -0.2) is 4.79 Å². The van der Waals surface area contributed by atoms with Gasteiger partial charge < -0.3 is 15.0 Å². The van der Waals surface area contributed by atoms with Crippen molar-refractivity contribution in [3.05, 3.63) is 71.4 Å². The first kappa shape index (κ1) is 18.4. The summed E-state index contributed by atoms with van der Waals surface area (Å²) in [5, 5.41) is 8.52. The molecule has 4 rings (SSSR count). The smallest absolute Gasteiger partial charge is 0.338 e. The zero-order valence-electron chi connectivity index (χ0n) is 16.2. The van der Waals surface area contributed by atoms with E-state index in [9.17, 15) is 4.79 Å². The highest BCUT2D eigenvalue weighted by Crippen LogP contribution is 2.37. The molecule has 3 aromatic carbocycles. The molecule has 28 heavy (non-hydrogen) atoms. The Kier molecular flexibility index (Phi) is 4.77. The van der Waals surface area contributed by atoms with Gasteiger partial charge in [-0.2, -0.15) is 0 Å². The average Bonchev–Trinajstić information content (AvgIpc) is 2.71. The molecule has 0 radical (unpaired) electrons. The number of hydrogen-bond acceptors (Lipinski definition) is 3. The molecule has 1 aliphatic rings. The number of carbonyl (C=O) groups is 1. The molecule has 4 nitrogen and oxygen atoms in total. The number of benzene rings is 3. The minimum absolute atomic E-state index is 0.316. The van der Waals surface area contributed by atoms with E-state index in [0.29, 0.717) is 17.3 Å². The molecule has 142 valence electrons. The standard InChI is InChI=1S/C23H22N2O2S/c1-4-27-22(26)20-14(2)25(3)23(28)24-21(20)19-13-15-9-5-6-10-16(15)17-11-7-8-12-18(17)19/h5-13,21H,4H2,1-3H3,(H,24,28)/t21-/m1/s1. The van der Waals surface area contributed by atoms with E-state index >= 15 is 0 Å². The number of thiocarbonyl (C=S) groups is 1. The second-order valence-corrected chi connectivity index (χ2v) is 7.28. The van der Waals surface area contributed by atoms with Gasteiger partial charge in [0.25, 0.3) is 0 Å². The number of nitrogens with one attached hydrogen (secondary N) is 1. The van der Waals surface area contributed by atoms with Gasteiger partial charge in [-0.3, -0.25) is 0 Å². The van der Waals surface area contributed by atoms with Gasteiger partial charge in [0.15, 0.2) is 5.11 Å². The number of rotatable bonds is 3. The van der Waals surface area contributed by atoms with Gasteiger partial charge in [-0.05, 0) is 59.2 Å². The second-order valence-electron chi connectivity index (χ2n) is 6.89. The van der Waals surface area contributed by atoms with Crippen LogP contribution < -0.4 is 5.32 Å². The minimum Gasteiger partial charge on any atom is -0.463 e. The Labute approximate surface area is 169 Å². The van der Waals surface area contributed by atoms with Gasteiger partial charge in [-0.1, -0.05) is 48.5 Å². The molecule has 0 amide bonds. The Morgan fingerprint density at radius 2 is 1.75 bits per heavy atom. The van der Waals surface area contributed by atoms with Crippen molar-refractivity contribution in [2.45, 2.75) is 19.9 Å². The predicted molar refractivity (Wildman–Crippen MR) is 117 cm³/mol. The van der Waals surface area contributed by atoms with Crippen molar-refractivity contribution in [3.63, 3.8) is 0 Å². The lowest BCUT2D eigenvalue weighted by Crippen LogP contribution is -2.46. The Hall–Kier alpha value is -2.92. The normalized spacial score (nSPS) is 17.2. The Morgan fingerprint density at radius 3 is 2.46 bits per heavy atom. The predicted octanol–water partition coefficient (Wildman–Crippen LogP) is 4.69. The lowest BCUT2D eigenvalue weighted by molar-refractivity contribution is -0.139. The van der Waals surface area contributed by atoms with E-state index in [0.717, 1.165) is 27.4 Å². The summed E-state index contributed by atoms with van der Waals surface area (Å²) in [6.07, 6.45) is 0. The zero-order chi connectivity index (χ0) is 19.8. The molecule has 0 bridgehead atoms. The molecule has 0 aliphatic carbocycles. The largest absolute Gasteiger partial charge is 0.463 e. The maximum atomic E-state index is 12.9. The van der Waals surface area contributed by atoms with Crippen molar-refractivity contribution in [2.75, 3.05) is 13.7 Å². The molecule has 0 aromatic heterocycles. The highest BCUT2D eigenvalue weighted by atomic mass is 32.1. The van der Waals surface area contributed by atoms with E-state index in [1.54, 1.807) is 0 Å². The molecule has 1 aliphatic heterocycles. The zero-order valence-corrected chi connectivity index (χ0v) is 17.0. The molecule has 0 spiro atoms. The lowest BCUT2D eigenvalue weighted by Gasteiger charge is -2.36. The summed E-state index contributed by atoms with van der Waals surface area (Å²) in [6, 6.07) is 18.4. The number of carbonyl (C=O) groups excluding carboxylic acids is 1. The average molecular weight is 391 g/mol. The van der Waals surface area contributed by atoms with E-state index < -0.39 is 0 Å². The third kappa shape index (κ3) is 2.92. The molecule has 3 aromatic rings. The summed E-state index contributed by atoms with van der Waals surface area (Å²) >= 11 is 5.53.